The Morgan fingerprint density at radius 3 is 2.82 bits per heavy atom. The second-order valence-corrected chi connectivity index (χ2v) is 2.95. The Labute approximate surface area is 68.2 Å². The van der Waals surface area contributed by atoms with Crippen molar-refractivity contribution in [3.63, 3.8) is 0 Å². The Morgan fingerprint density at radius 2 is 2.27 bits per heavy atom. The van der Waals surface area contributed by atoms with E-state index in [2.05, 4.69) is 20.4 Å². The lowest BCUT2D eigenvalue weighted by Gasteiger charge is -2.32. The van der Waals surface area contributed by atoms with Crippen molar-refractivity contribution in [3.05, 3.63) is 12.7 Å². The zero-order chi connectivity index (χ0) is 8.27. The van der Waals surface area contributed by atoms with Crippen molar-refractivity contribution >= 4 is 0 Å². The van der Waals surface area contributed by atoms with E-state index in [1.165, 1.54) is 0 Å². The van der Waals surface area contributed by atoms with E-state index in [-0.39, 0.29) is 6.29 Å². The zero-order valence-corrected chi connectivity index (χ0v) is 7.25. The summed E-state index contributed by atoms with van der Waals surface area (Å²) in [6.07, 6.45) is 4.22. The molecule has 2 nitrogen and oxygen atoms in total. The molecule has 1 fully saturated rings. The quantitative estimate of drug-likeness (QED) is 0.570. The average Bonchev–Trinajstić information content (AvgIpc) is 2.03. The molecule has 2 heteroatoms. The molecule has 0 aromatic heterocycles. The molecule has 0 saturated carbocycles. The van der Waals surface area contributed by atoms with E-state index < -0.39 is 0 Å². The maximum Gasteiger partial charge on any atom is 0.177 e. The standard InChI is InChI=1S/C9H16O2/c1-4-8-6-7(3)10-9(5-2)11-8/h5,7-9H,2,4,6H2,1,3H3. The van der Waals surface area contributed by atoms with Crippen molar-refractivity contribution in [1.82, 2.24) is 0 Å². The summed E-state index contributed by atoms with van der Waals surface area (Å²) < 4.78 is 10.9. The molecule has 0 N–H and O–H groups in total. The summed E-state index contributed by atoms with van der Waals surface area (Å²) in [4.78, 5) is 0. The highest BCUT2D eigenvalue weighted by Gasteiger charge is 2.23. The van der Waals surface area contributed by atoms with Gasteiger partial charge in [-0.05, 0) is 25.8 Å². The van der Waals surface area contributed by atoms with Gasteiger partial charge in [-0.25, -0.2) is 0 Å². The van der Waals surface area contributed by atoms with Crippen LogP contribution in [0.2, 0.25) is 0 Å². The van der Waals surface area contributed by atoms with Crippen LogP contribution >= 0.6 is 0 Å². The van der Waals surface area contributed by atoms with Gasteiger partial charge in [-0.15, -0.1) is 0 Å². The fourth-order valence-corrected chi connectivity index (χ4v) is 1.31. The van der Waals surface area contributed by atoms with Crippen LogP contribution in [0.5, 0.6) is 0 Å². The first-order chi connectivity index (χ1) is 5.26. The summed E-state index contributed by atoms with van der Waals surface area (Å²) in [5, 5.41) is 0. The average molecular weight is 156 g/mol. The lowest BCUT2D eigenvalue weighted by Crippen LogP contribution is -2.35. The third kappa shape index (κ3) is 2.31. The summed E-state index contributed by atoms with van der Waals surface area (Å²) in [7, 11) is 0. The Hall–Kier alpha value is -0.340. The number of hydrogen-bond acceptors (Lipinski definition) is 2. The van der Waals surface area contributed by atoms with Crippen molar-refractivity contribution in [2.45, 2.75) is 45.2 Å². The molecule has 3 unspecified atom stereocenters. The molecule has 1 aliphatic heterocycles. The molecule has 0 radical (unpaired) electrons. The van der Waals surface area contributed by atoms with E-state index in [4.69, 9.17) is 9.47 Å². The minimum Gasteiger partial charge on any atom is -0.346 e. The Balaban J connectivity index is 2.43. The van der Waals surface area contributed by atoms with Crippen molar-refractivity contribution in [3.8, 4) is 0 Å². The van der Waals surface area contributed by atoms with E-state index >= 15 is 0 Å². The number of ether oxygens (including phenoxy) is 2. The monoisotopic (exact) mass is 156 g/mol. The lowest BCUT2D eigenvalue weighted by molar-refractivity contribution is -0.214. The molecule has 0 spiro atoms. The summed E-state index contributed by atoms with van der Waals surface area (Å²) in [6, 6.07) is 0. The first-order valence-electron chi connectivity index (χ1n) is 4.19. The van der Waals surface area contributed by atoms with Crippen molar-refractivity contribution in [1.29, 1.82) is 0 Å². The highest BCUT2D eigenvalue weighted by atomic mass is 16.7. The number of hydrogen-bond donors (Lipinski definition) is 0. The fraction of sp³-hybridized carbons (Fsp3) is 0.778. The number of rotatable bonds is 2. The molecule has 1 heterocycles. The van der Waals surface area contributed by atoms with Gasteiger partial charge in [0, 0.05) is 0 Å². The van der Waals surface area contributed by atoms with Crippen LogP contribution in [0.25, 0.3) is 0 Å². The molecule has 3 atom stereocenters. The molecule has 1 saturated heterocycles. The maximum atomic E-state index is 5.51. The predicted molar refractivity (Wildman–Crippen MR) is 44.3 cm³/mol. The third-order valence-electron chi connectivity index (χ3n) is 1.94. The molecule has 1 aliphatic rings. The highest BCUT2D eigenvalue weighted by molar-refractivity contribution is 4.79. The summed E-state index contributed by atoms with van der Waals surface area (Å²) in [5.41, 5.74) is 0. The molecular weight excluding hydrogens is 140 g/mol. The van der Waals surface area contributed by atoms with Gasteiger partial charge in [-0.3, -0.25) is 0 Å². The van der Waals surface area contributed by atoms with Crippen LogP contribution in [-0.2, 0) is 9.47 Å². The van der Waals surface area contributed by atoms with Crippen LogP contribution in [0.3, 0.4) is 0 Å². The first kappa shape index (κ1) is 8.75. The van der Waals surface area contributed by atoms with Crippen molar-refractivity contribution in [2.75, 3.05) is 0 Å². The van der Waals surface area contributed by atoms with Crippen molar-refractivity contribution < 1.29 is 9.47 Å². The van der Waals surface area contributed by atoms with Crippen molar-refractivity contribution in [2.24, 2.45) is 0 Å². The summed E-state index contributed by atoms with van der Waals surface area (Å²) in [5.74, 6) is 0. The van der Waals surface area contributed by atoms with Gasteiger partial charge >= 0.3 is 0 Å². The summed E-state index contributed by atoms with van der Waals surface area (Å²) >= 11 is 0. The molecule has 0 aromatic rings. The second kappa shape index (κ2) is 3.88. The van der Waals surface area contributed by atoms with E-state index in [0.717, 1.165) is 12.8 Å². The van der Waals surface area contributed by atoms with Crippen LogP contribution in [-0.4, -0.2) is 18.5 Å². The van der Waals surface area contributed by atoms with Gasteiger partial charge in [0.25, 0.3) is 0 Å². The fourth-order valence-electron chi connectivity index (χ4n) is 1.31. The Bertz CT molecular complexity index is 134. The van der Waals surface area contributed by atoms with Gasteiger partial charge in [0.2, 0.25) is 0 Å². The smallest absolute Gasteiger partial charge is 0.177 e. The lowest BCUT2D eigenvalue weighted by atomic mass is 10.1. The van der Waals surface area contributed by atoms with Gasteiger partial charge in [0.15, 0.2) is 6.29 Å². The zero-order valence-electron chi connectivity index (χ0n) is 7.25. The van der Waals surface area contributed by atoms with Gasteiger partial charge in [-0.1, -0.05) is 13.5 Å². The van der Waals surface area contributed by atoms with E-state index in [0.29, 0.717) is 12.2 Å². The molecule has 0 aromatic carbocycles. The molecule has 0 amide bonds. The molecule has 11 heavy (non-hydrogen) atoms. The Morgan fingerprint density at radius 1 is 1.55 bits per heavy atom. The van der Waals surface area contributed by atoms with E-state index in [1.54, 1.807) is 6.08 Å². The van der Waals surface area contributed by atoms with Gasteiger partial charge in [0.1, 0.15) is 0 Å². The minimum absolute atomic E-state index is 0.191. The largest absolute Gasteiger partial charge is 0.346 e. The molecule has 0 bridgehead atoms. The SMILES string of the molecule is C=CC1OC(C)CC(CC)O1. The second-order valence-electron chi connectivity index (χ2n) is 2.95. The molecule has 64 valence electrons. The van der Waals surface area contributed by atoms with Crippen LogP contribution in [0.4, 0.5) is 0 Å². The van der Waals surface area contributed by atoms with Crippen LogP contribution in [0.1, 0.15) is 26.7 Å². The van der Waals surface area contributed by atoms with Gasteiger partial charge in [0.05, 0.1) is 12.2 Å². The topological polar surface area (TPSA) is 18.5 Å². The first-order valence-corrected chi connectivity index (χ1v) is 4.19. The van der Waals surface area contributed by atoms with Crippen LogP contribution in [0, 0.1) is 0 Å². The van der Waals surface area contributed by atoms with Gasteiger partial charge < -0.3 is 9.47 Å². The maximum absolute atomic E-state index is 5.51. The molecule has 1 rings (SSSR count). The third-order valence-corrected chi connectivity index (χ3v) is 1.94. The van der Waals surface area contributed by atoms with Crippen LogP contribution in [0.15, 0.2) is 12.7 Å². The van der Waals surface area contributed by atoms with E-state index in [1.807, 2.05) is 0 Å². The van der Waals surface area contributed by atoms with Gasteiger partial charge in [-0.2, -0.15) is 0 Å². The minimum atomic E-state index is -0.191. The van der Waals surface area contributed by atoms with E-state index in [9.17, 15) is 0 Å². The predicted octanol–water partition coefficient (Wildman–Crippen LogP) is 2.10. The Kier molecular flexibility index (Phi) is 3.09. The molecule has 0 aliphatic carbocycles. The molecular formula is C9H16O2. The summed E-state index contributed by atoms with van der Waals surface area (Å²) in [6.45, 7) is 7.84. The normalized spacial score (nSPS) is 38.5. The highest BCUT2D eigenvalue weighted by Crippen LogP contribution is 2.20. The van der Waals surface area contributed by atoms with Crippen LogP contribution < -0.4 is 0 Å².